The van der Waals surface area contributed by atoms with Crippen molar-refractivity contribution in [1.29, 1.82) is 0 Å². The summed E-state index contributed by atoms with van der Waals surface area (Å²) in [4.78, 5) is 11.2. The molecule has 6 atom stereocenters. The van der Waals surface area contributed by atoms with E-state index in [4.69, 9.17) is 19.5 Å². The van der Waals surface area contributed by atoms with Crippen molar-refractivity contribution in [2.45, 2.75) is 93.1 Å². The van der Waals surface area contributed by atoms with E-state index >= 15 is 0 Å². The Morgan fingerprint density at radius 1 is 1.13 bits per heavy atom. The maximum absolute atomic E-state index is 13.0. The number of para-hydroxylation sites is 1. The van der Waals surface area contributed by atoms with Crippen LogP contribution in [0, 0.1) is 11.8 Å². The van der Waals surface area contributed by atoms with E-state index < -0.39 is 21.0 Å². The van der Waals surface area contributed by atoms with Gasteiger partial charge in [-0.2, -0.15) is 0 Å². The van der Waals surface area contributed by atoms with Gasteiger partial charge in [-0.05, 0) is 55.2 Å². The zero-order valence-electron chi connectivity index (χ0n) is 23.1. The summed E-state index contributed by atoms with van der Waals surface area (Å²) in [5, 5.41) is 2.85. The number of fused-ring (bicyclic) bond motifs is 2. The molecular formula is C30H39N3O4S2. The summed E-state index contributed by atoms with van der Waals surface area (Å²) in [6.07, 6.45) is 10.3. The first-order valence-electron chi connectivity index (χ1n) is 14.2. The third-order valence-corrected chi connectivity index (χ3v) is 11.6. The Labute approximate surface area is 236 Å². The first-order chi connectivity index (χ1) is 18.7. The minimum atomic E-state index is -3.46. The molecule has 39 heavy (non-hydrogen) atoms. The Morgan fingerprint density at radius 3 is 2.64 bits per heavy atom. The summed E-state index contributed by atoms with van der Waals surface area (Å²) in [7, 11) is -3.46. The molecule has 7 nitrogen and oxygen atoms in total. The van der Waals surface area contributed by atoms with Gasteiger partial charge in [0.25, 0.3) is 0 Å². The number of hydrogen-bond acceptors (Lipinski definition) is 8. The highest BCUT2D eigenvalue weighted by atomic mass is 32.2. The number of nitrogens with zero attached hydrogens (tertiary/aromatic N) is 2. The van der Waals surface area contributed by atoms with E-state index in [1.165, 1.54) is 12.7 Å². The molecule has 5 aliphatic rings. The zero-order valence-corrected chi connectivity index (χ0v) is 24.7. The van der Waals surface area contributed by atoms with Gasteiger partial charge in [-0.1, -0.05) is 45.1 Å². The summed E-state index contributed by atoms with van der Waals surface area (Å²) < 4.78 is 39.3. The molecular weight excluding hydrogens is 530 g/mol. The summed E-state index contributed by atoms with van der Waals surface area (Å²) in [6, 6.07) is 8.11. The van der Waals surface area contributed by atoms with E-state index in [0.29, 0.717) is 11.6 Å². The van der Waals surface area contributed by atoms with Crippen LogP contribution in [0.25, 0.3) is 0 Å². The topological polar surface area (TPSA) is 89.3 Å². The zero-order chi connectivity index (χ0) is 27.4. The van der Waals surface area contributed by atoms with E-state index in [9.17, 15) is 8.42 Å². The monoisotopic (exact) mass is 569 g/mol. The summed E-state index contributed by atoms with van der Waals surface area (Å²) >= 11 is 1.75. The average molecular weight is 570 g/mol. The van der Waals surface area contributed by atoms with Crippen LogP contribution in [0.5, 0.6) is 0 Å². The fourth-order valence-electron chi connectivity index (χ4n) is 6.94. The minimum Gasteiger partial charge on any atom is -0.364 e. The highest BCUT2D eigenvalue weighted by Crippen LogP contribution is 2.46. The van der Waals surface area contributed by atoms with Gasteiger partial charge < -0.3 is 14.8 Å². The van der Waals surface area contributed by atoms with Gasteiger partial charge >= 0.3 is 0 Å². The lowest BCUT2D eigenvalue weighted by Crippen LogP contribution is -2.46. The number of aliphatic imine (C=N–C) groups is 2. The highest BCUT2D eigenvalue weighted by Gasteiger charge is 2.53. The molecule has 0 radical (unpaired) electrons. The fraction of sp³-hybridized carbons (Fsp3) is 0.600. The Hall–Kier alpha value is -1.94. The smallest absolute Gasteiger partial charge is 0.170 e. The van der Waals surface area contributed by atoms with Crippen molar-refractivity contribution in [3.8, 4) is 0 Å². The Balaban J connectivity index is 1.41. The number of nitrogens with one attached hydrogen (secondary N) is 1. The van der Waals surface area contributed by atoms with E-state index in [2.05, 4.69) is 24.9 Å². The summed E-state index contributed by atoms with van der Waals surface area (Å²) in [6.45, 7) is 8.22. The van der Waals surface area contributed by atoms with Crippen LogP contribution < -0.4 is 5.32 Å². The molecule has 1 aromatic carbocycles. The summed E-state index contributed by atoms with van der Waals surface area (Å²) in [5.41, 5.74) is 3.69. The molecule has 6 rings (SSSR count). The van der Waals surface area contributed by atoms with Crippen molar-refractivity contribution in [3.63, 3.8) is 0 Å². The van der Waals surface area contributed by atoms with E-state index in [1.807, 2.05) is 31.2 Å². The van der Waals surface area contributed by atoms with Crippen LogP contribution in [0.2, 0.25) is 0 Å². The lowest BCUT2D eigenvalue weighted by atomic mass is 9.85. The summed E-state index contributed by atoms with van der Waals surface area (Å²) in [5.74, 6) is 0.511. The molecule has 9 heteroatoms. The van der Waals surface area contributed by atoms with Gasteiger partial charge in [-0.3, -0.25) is 4.99 Å². The fourth-order valence-corrected chi connectivity index (χ4v) is 9.19. The number of rotatable bonds is 4. The lowest BCUT2D eigenvalue weighted by molar-refractivity contribution is -0.199. The first-order valence-corrected chi connectivity index (χ1v) is 17.2. The van der Waals surface area contributed by atoms with Crippen molar-refractivity contribution in [2.75, 3.05) is 12.0 Å². The first kappa shape index (κ1) is 27.2. The van der Waals surface area contributed by atoms with Crippen molar-refractivity contribution in [1.82, 2.24) is 5.32 Å². The Bertz CT molecular complexity index is 1350. The molecule has 3 fully saturated rings. The van der Waals surface area contributed by atoms with Crippen molar-refractivity contribution < 1.29 is 17.9 Å². The SMILES string of the molecule is C=CC1=C(C2=Nc3ccccc3SC2)C(NC2CCC3OC4(CCCCC4)OC23)=NC(S(C)(=O)=O)C(C)C1C. The maximum atomic E-state index is 13.0. The number of amidine groups is 1. The molecule has 1 saturated heterocycles. The second-order valence-electron chi connectivity index (χ2n) is 11.7. The van der Waals surface area contributed by atoms with Gasteiger partial charge in [-0.15, -0.1) is 11.8 Å². The van der Waals surface area contributed by atoms with Crippen LogP contribution in [0.15, 0.2) is 62.9 Å². The second-order valence-corrected chi connectivity index (χ2v) is 14.9. The molecule has 3 heterocycles. The minimum absolute atomic E-state index is 0.0239. The largest absolute Gasteiger partial charge is 0.364 e. The van der Waals surface area contributed by atoms with Gasteiger partial charge in [0, 0.05) is 35.3 Å². The Kier molecular flexibility index (Phi) is 7.31. The van der Waals surface area contributed by atoms with Crippen LogP contribution in [0.3, 0.4) is 0 Å². The predicted molar refractivity (Wildman–Crippen MR) is 158 cm³/mol. The number of benzene rings is 1. The van der Waals surface area contributed by atoms with E-state index in [0.717, 1.165) is 66.0 Å². The molecule has 0 bridgehead atoms. The standard InChI is InChI=1S/C30H39N3O4S2/c1-5-20-18(2)19(3)29(39(4,34)35)33-28(26(20)23-17-38-25-12-8-7-11-21(25)31-23)32-22-13-14-24-27(22)37-30(36-24)15-9-6-10-16-30/h5,7-8,11-12,18-19,22,24,27,29H,1,6,9-10,13-17H2,2-4H3,(H,32,33). The number of hydrogen-bond donors (Lipinski definition) is 1. The molecule has 210 valence electrons. The molecule has 2 saturated carbocycles. The van der Waals surface area contributed by atoms with E-state index in [-0.39, 0.29) is 30.1 Å². The van der Waals surface area contributed by atoms with Crippen LogP contribution in [-0.2, 0) is 19.3 Å². The maximum Gasteiger partial charge on any atom is 0.170 e. The van der Waals surface area contributed by atoms with Crippen molar-refractivity contribution in [2.24, 2.45) is 21.8 Å². The molecule has 1 aromatic rings. The molecule has 0 amide bonds. The predicted octanol–water partition coefficient (Wildman–Crippen LogP) is 5.60. The van der Waals surface area contributed by atoms with Crippen LogP contribution in [0.1, 0.15) is 58.8 Å². The molecule has 2 aliphatic carbocycles. The normalized spacial score (nSPS) is 34.1. The number of thioether (sulfide) groups is 1. The quantitative estimate of drug-likeness (QED) is 0.508. The van der Waals surface area contributed by atoms with Gasteiger partial charge in [0.15, 0.2) is 21.0 Å². The number of allylic oxidation sites excluding steroid dienone is 2. The number of ether oxygens (including phenoxy) is 2. The third kappa shape index (κ3) is 5.04. The van der Waals surface area contributed by atoms with Crippen LogP contribution >= 0.6 is 11.8 Å². The number of sulfone groups is 1. The molecule has 1 spiro atoms. The van der Waals surface area contributed by atoms with Gasteiger partial charge in [0.2, 0.25) is 0 Å². The van der Waals surface area contributed by atoms with Gasteiger partial charge in [0.1, 0.15) is 11.9 Å². The van der Waals surface area contributed by atoms with Crippen LogP contribution in [-0.4, -0.2) is 61.4 Å². The van der Waals surface area contributed by atoms with Crippen molar-refractivity contribution >= 4 is 38.8 Å². The molecule has 3 aliphatic heterocycles. The van der Waals surface area contributed by atoms with E-state index in [1.54, 1.807) is 11.8 Å². The molecule has 6 unspecified atom stereocenters. The Morgan fingerprint density at radius 2 is 1.90 bits per heavy atom. The highest BCUT2D eigenvalue weighted by molar-refractivity contribution is 8.00. The van der Waals surface area contributed by atoms with Gasteiger partial charge in [-0.25, -0.2) is 13.4 Å². The second kappa shape index (κ2) is 10.5. The average Bonchev–Trinajstić information content (AvgIpc) is 3.42. The molecule has 0 aromatic heterocycles. The van der Waals surface area contributed by atoms with Crippen molar-refractivity contribution in [3.05, 3.63) is 48.1 Å². The lowest BCUT2D eigenvalue weighted by Gasteiger charge is -2.33. The van der Waals surface area contributed by atoms with Gasteiger partial charge in [0.05, 0.1) is 23.5 Å². The third-order valence-electron chi connectivity index (χ3n) is 9.12. The molecule has 1 N–H and O–H groups in total. The van der Waals surface area contributed by atoms with Crippen LogP contribution in [0.4, 0.5) is 5.69 Å².